The van der Waals surface area contributed by atoms with Gasteiger partial charge >= 0.3 is 0 Å². The van der Waals surface area contributed by atoms with Gasteiger partial charge in [-0.3, -0.25) is 10.2 Å². The fourth-order valence-electron chi connectivity index (χ4n) is 2.41. The molecule has 3 atom stereocenters. The molecule has 98 valence electrons. The van der Waals surface area contributed by atoms with Crippen LogP contribution in [0.25, 0.3) is 0 Å². The molecule has 1 fully saturated rings. The number of hydrogen-bond donors (Lipinski definition) is 1. The first-order valence-electron chi connectivity index (χ1n) is 6.56. The zero-order chi connectivity index (χ0) is 12.9. The van der Waals surface area contributed by atoms with E-state index in [1.54, 1.807) is 0 Å². The van der Waals surface area contributed by atoms with Crippen molar-refractivity contribution in [2.24, 2.45) is 0 Å². The van der Waals surface area contributed by atoms with Crippen molar-refractivity contribution in [1.29, 1.82) is 5.26 Å². The molecule has 0 aromatic carbocycles. The molecule has 4 nitrogen and oxygen atoms in total. The van der Waals surface area contributed by atoms with Crippen molar-refractivity contribution in [3.63, 3.8) is 0 Å². The van der Waals surface area contributed by atoms with E-state index < -0.39 is 5.54 Å². The Morgan fingerprint density at radius 1 is 1.53 bits per heavy atom. The Morgan fingerprint density at radius 3 is 2.76 bits per heavy atom. The summed E-state index contributed by atoms with van der Waals surface area (Å²) in [7, 11) is 0. The maximum atomic E-state index is 9.30. The molecule has 1 aliphatic rings. The van der Waals surface area contributed by atoms with Crippen LogP contribution in [0.15, 0.2) is 0 Å². The second-order valence-corrected chi connectivity index (χ2v) is 5.11. The molecule has 0 spiro atoms. The molecule has 0 amide bonds. The van der Waals surface area contributed by atoms with Crippen molar-refractivity contribution in [3.8, 4) is 6.07 Å². The van der Waals surface area contributed by atoms with Crippen molar-refractivity contribution >= 4 is 0 Å². The molecule has 3 unspecified atom stereocenters. The van der Waals surface area contributed by atoms with Crippen LogP contribution >= 0.6 is 0 Å². The van der Waals surface area contributed by atoms with E-state index in [1.807, 2.05) is 13.8 Å². The van der Waals surface area contributed by atoms with E-state index in [2.05, 4.69) is 30.1 Å². The Balaban J connectivity index is 2.66. The lowest BCUT2D eigenvalue weighted by Crippen LogP contribution is -2.57. The first kappa shape index (κ1) is 14.4. The maximum absolute atomic E-state index is 9.30. The summed E-state index contributed by atoms with van der Waals surface area (Å²) in [6, 6.07) is 2.83. The largest absolute Gasteiger partial charge is 0.376 e. The predicted octanol–water partition coefficient (Wildman–Crippen LogP) is 1.38. The third-order valence-corrected chi connectivity index (χ3v) is 3.39. The average molecular weight is 239 g/mol. The number of ether oxygens (including phenoxy) is 1. The average Bonchev–Trinajstić information content (AvgIpc) is 2.29. The van der Waals surface area contributed by atoms with Gasteiger partial charge in [-0.25, -0.2) is 0 Å². The van der Waals surface area contributed by atoms with Gasteiger partial charge in [0, 0.05) is 19.1 Å². The van der Waals surface area contributed by atoms with E-state index in [0.717, 1.165) is 32.7 Å². The minimum Gasteiger partial charge on any atom is -0.376 e. The number of rotatable bonds is 5. The molecular formula is C13H25N3O. The smallest absolute Gasteiger partial charge is 0.116 e. The first-order valence-corrected chi connectivity index (χ1v) is 6.56. The molecule has 1 N–H and O–H groups in total. The van der Waals surface area contributed by atoms with E-state index >= 15 is 0 Å². The third-order valence-electron chi connectivity index (χ3n) is 3.39. The zero-order valence-electron chi connectivity index (χ0n) is 11.5. The van der Waals surface area contributed by atoms with Gasteiger partial charge in [0.1, 0.15) is 5.54 Å². The standard InChI is InChI=1S/C13H25N3O/c1-5-12-8-17-11(3)7-16(12)10-13(4,9-14)15-6-2/h11-12,15H,5-8,10H2,1-4H3. The Kier molecular flexibility index (Phi) is 5.38. The van der Waals surface area contributed by atoms with Crippen molar-refractivity contribution in [1.82, 2.24) is 10.2 Å². The van der Waals surface area contributed by atoms with Gasteiger partial charge in [0.15, 0.2) is 0 Å². The Labute approximate surface area is 105 Å². The summed E-state index contributed by atoms with van der Waals surface area (Å²) in [5.41, 5.74) is -0.459. The maximum Gasteiger partial charge on any atom is 0.116 e. The highest BCUT2D eigenvalue weighted by atomic mass is 16.5. The minimum absolute atomic E-state index is 0.266. The van der Waals surface area contributed by atoms with Crippen molar-refractivity contribution < 1.29 is 4.74 Å². The molecule has 0 saturated carbocycles. The lowest BCUT2D eigenvalue weighted by Gasteiger charge is -2.41. The molecule has 1 rings (SSSR count). The predicted molar refractivity (Wildman–Crippen MR) is 68.8 cm³/mol. The van der Waals surface area contributed by atoms with Gasteiger partial charge < -0.3 is 4.74 Å². The van der Waals surface area contributed by atoms with Crippen molar-refractivity contribution in [2.75, 3.05) is 26.2 Å². The monoisotopic (exact) mass is 239 g/mol. The SMILES string of the molecule is CCNC(C)(C#N)CN1CC(C)OCC1CC. The third kappa shape index (κ3) is 3.95. The normalized spacial score (nSPS) is 29.6. The molecule has 4 heteroatoms. The summed E-state index contributed by atoms with van der Waals surface area (Å²) < 4.78 is 5.67. The number of nitriles is 1. The topological polar surface area (TPSA) is 48.3 Å². The summed E-state index contributed by atoms with van der Waals surface area (Å²) in [5.74, 6) is 0. The highest BCUT2D eigenvalue weighted by molar-refractivity contribution is 5.06. The fraction of sp³-hybridized carbons (Fsp3) is 0.923. The summed E-state index contributed by atoms with van der Waals surface area (Å²) in [6.07, 6.45) is 1.34. The van der Waals surface area contributed by atoms with Gasteiger partial charge in [0.25, 0.3) is 0 Å². The van der Waals surface area contributed by atoms with Crippen LogP contribution in [0.4, 0.5) is 0 Å². The van der Waals surface area contributed by atoms with Crippen LogP contribution in [0.3, 0.4) is 0 Å². The molecule has 0 aliphatic carbocycles. The van der Waals surface area contributed by atoms with Crippen molar-refractivity contribution in [2.45, 2.75) is 51.8 Å². The summed E-state index contributed by atoms with van der Waals surface area (Å²) in [5, 5.41) is 12.6. The van der Waals surface area contributed by atoms with Gasteiger partial charge in [0.2, 0.25) is 0 Å². The van der Waals surface area contributed by atoms with Gasteiger partial charge in [-0.2, -0.15) is 5.26 Å². The summed E-state index contributed by atoms with van der Waals surface area (Å²) in [6.45, 7) is 11.6. The summed E-state index contributed by atoms with van der Waals surface area (Å²) in [4.78, 5) is 2.39. The van der Waals surface area contributed by atoms with Crippen LogP contribution in [0, 0.1) is 11.3 Å². The van der Waals surface area contributed by atoms with E-state index in [9.17, 15) is 5.26 Å². The molecule has 0 bridgehead atoms. The van der Waals surface area contributed by atoms with E-state index in [4.69, 9.17) is 4.74 Å². The molecule has 0 radical (unpaired) electrons. The molecular weight excluding hydrogens is 214 g/mol. The van der Waals surface area contributed by atoms with Crippen molar-refractivity contribution in [3.05, 3.63) is 0 Å². The lowest BCUT2D eigenvalue weighted by molar-refractivity contribution is -0.0607. The minimum atomic E-state index is -0.459. The van der Waals surface area contributed by atoms with Crippen LogP contribution in [-0.2, 0) is 4.74 Å². The van der Waals surface area contributed by atoms with Gasteiger partial charge in [-0.05, 0) is 26.8 Å². The first-order chi connectivity index (χ1) is 8.04. The van der Waals surface area contributed by atoms with Crippen LogP contribution in [-0.4, -0.2) is 48.8 Å². The lowest BCUT2D eigenvalue weighted by atomic mass is 10.0. The fourth-order valence-corrected chi connectivity index (χ4v) is 2.41. The summed E-state index contributed by atoms with van der Waals surface area (Å²) >= 11 is 0. The molecule has 17 heavy (non-hydrogen) atoms. The van der Waals surface area contributed by atoms with E-state index in [-0.39, 0.29) is 6.10 Å². The highest BCUT2D eigenvalue weighted by Crippen LogP contribution is 2.17. The molecule has 1 aliphatic heterocycles. The second-order valence-electron chi connectivity index (χ2n) is 5.11. The molecule has 0 aromatic rings. The van der Waals surface area contributed by atoms with Gasteiger partial charge in [0.05, 0.1) is 18.8 Å². The number of likely N-dealkylation sites (N-methyl/N-ethyl adjacent to an activating group) is 1. The number of morpholine rings is 1. The van der Waals surface area contributed by atoms with Crippen LogP contribution in [0.1, 0.15) is 34.1 Å². The number of nitrogens with one attached hydrogen (secondary N) is 1. The zero-order valence-corrected chi connectivity index (χ0v) is 11.5. The Morgan fingerprint density at radius 2 is 2.24 bits per heavy atom. The Bertz CT molecular complexity index is 276. The second kappa shape index (κ2) is 6.34. The Hall–Kier alpha value is -0.630. The number of hydrogen-bond acceptors (Lipinski definition) is 4. The van der Waals surface area contributed by atoms with Crippen LogP contribution in [0.2, 0.25) is 0 Å². The van der Waals surface area contributed by atoms with Crippen LogP contribution in [0.5, 0.6) is 0 Å². The number of nitrogens with zero attached hydrogens (tertiary/aromatic N) is 2. The van der Waals surface area contributed by atoms with Gasteiger partial charge in [-0.15, -0.1) is 0 Å². The van der Waals surface area contributed by atoms with Crippen LogP contribution < -0.4 is 5.32 Å². The quantitative estimate of drug-likeness (QED) is 0.787. The highest BCUT2D eigenvalue weighted by Gasteiger charge is 2.32. The van der Waals surface area contributed by atoms with Gasteiger partial charge in [-0.1, -0.05) is 13.8 Å². The van der Waals surface area contributed by atoms with E-state index in [1.165, 1.54) is 0 Å². The molecule has 0 aromatic heterocycles. The molecule has 1 saturated heterocycles. The molecule has 1 heterocycles. The van der Waals surface area contributed by atoms with E-state index in [0.29, 0.717) is 6.04 Å².